The number of anilines is 1. The molecule has 0 atom stereocenters. The van der Waals surface area contributed by atoms with Crippen LogP contribution in [0.4, 0.5) is 5.82 Å². The van der Waals surface area contributed by atoms with Gasteiger partial charge in [-0.2, -0.15) is 0 Å². The summed E-state index contributed by atoms with van der Waals surface area (Å²) in [5.41, 5.74) is 2.45. The predicted octanol–water partition coefficient (Wildman–Crippen LogP) is 5.38. The minimum absolute atomic E-state index is 0. The molecule has 5 heterocycles. The number of benzene rings is 1. The summed E-state index contributed by atoms with van der Waals surface area (Å²) in [6.07, 6.45) is 6.63. The maximum absolute atomic E-state index is 6.44. The third-order valence-electron chi connectivity index (χ3n) is 7.56. The fraction of sp³-hybridized carbons (Fsp3) is 0.500. The van der Waals surface area contributed by atoms with Gasteiger partial charge in [0.2, 0.25) is 0 Å². The summed E-state index contributed by atoms with van der Waals surface area (Å²) in [7, 11) is 0. The third kappa shape index (κ3) is 6.52. The second-order valence-electron chi connectivity index (χ2n) is 9.79. The van der Waals surface area contributed by atoms with Crippen molar-refractivity contribution < 1.29 is 0 Å². The largest absolute Gasteiger partial charge is 0.357 e. The normalized spacial score (nSPS) is 18.1. The van der Waals surface area contributed by atoms with Gasteiger partial charge in [-0.05, 0) is 74.7 Å². The van der Waals surface area contributed by atoms with E-state index in [-0.39, 0.29) is 37.2 Å². The second kappa shape index (κ2) is 13.5. The molecular weight excluding hydrogens is 552 g/mol. The van der Waals surface area contributed by atoms with Crippen LogP contribution in [0.5, 0.6) is 0 Å². The number of piperidine rings is 1. The smallest absolute Gasteiger partial charge is 0.151 e. The van der Waals surface area contributed by atoms with E-state index in [9.17, 15) is 0 Å². The summed E-state index contributed by atoms with van der Waals surface area (Å²) in [6.45, 7) is 8.30. The molecule has 3 aromatic rings. The zero-order valence-corrected chi connectivity index (χ0v) is 24.0. The fourth-order valence-corrected chi connectivity index (χ4v) is 5.90. The second-order valence-corrected chi connectivity index (χ2v) is 10.2. The first kappa shape index (κ1) is 29.9. The molecule has 0 spiro atoms. The lowest BCUT2D eigenvalue weighted by Crippen LogP contribution is -2.34. The molecule has 1 aromatic carbocycles. The molecule has 2 fully saturated rings. The SMILES string of the molecule is Cl.Cl.Cl.Clc1ccc2c(c1)CN(CCN1CCCC1)Cc1nnc(C3CCN(c4ccccn4)CC3)n1-2. The highest BCUT2D eigenvalue weighted by atomic mass is 35.5. The van der Waals surface area contributed by atoms with Crippen molar-refractivity contribution in [1.29, 1.82) is 0 Å². The van der Waals surface area contributed by atoms with Gasteiger partial charge in [0.05, 0.1) is 12.2 Å². The minimum Gasteiger partial charge on any atom is -0.357 e. The molecule has 0 saturated carbocycles. The number of rotatable bonds is 5. The lowest BCUT2D eigenvalue weighted by Gasteiger charge is -2.32. The number of halogens is 4. The summed E-state index contributed by atoms with van der Waals surface area (Å²) in [6, 6.07) is 12.4. The zero-order chi connectivity index (χ0) is 22.9. The topological polar surface area (TPSA) is 53.3 Å². The van der Waals surface area contributed by atoms with Gasteiger partial charge in [0.1, 0.15) is 11.6 Å². The molecule has 0 unspecified atom stereocenters. The molecule has 6 rings (SSSR count). The monoisotopic (exact) mass is 585 g/mol. The highest BCUT2D eigenvalue weighted by Crippen LogP contribution is 2.34. The van der Waals surface area contributed by atoms with E-state index < -0.39 is 0 Å². The van der Waals surface area contributed by atoms with Crippen molar-refractivity contribution in [2.75, 3.05) is 44.2 Å². The van der Waals surface area contributed by atoms with E-state index in [2.05, 4.69) is 48.5 Å². The van der Waals surface area contributed by atoms with E-state index in [0.717, 1.165) is 74.6 Å². The van der Waals surface area contributed by atoms with Gasteiger partial charge in [0.25, 0.3) is 0 Å². The average molecular weight is 587 g/mol. The van der Waals surface area contributed by atoms with Gasteiger partial charge in [-0.1, -0.05) is 17.7 Å². The molecule has 0 N–H and O–H groups in total. The lowest BCUT2D eigenvalue weighted by atomic mass is 9.95. The van der Waals surface area contributed by atoms with Crippen molar-refractivity contribution in [3.05, 3.63) is 64.8 Å². The van der Waals surface area contributed by atoms with Gasteiger partial charge in [-0.25, -0.2) is 4.98 Å². The molecule has 2 saturated heterocycles. The van der Waals surface area contributed by atoms with Crippen molar-refractivity contribution in [1.82, 2.24) is 29.5 Å². The Bertz CT molecular complexity index is 1130. The number of hydrogen-bond acceptors (Lipinski definition) is 6. The molecule has 202 valence electrons. The van der Waals surface area contributed by atoms with Crippen molar-refractivity contribution >= 4 is 54.6 Å². The fourth-order valence-electron chi connectivity index (χ4n) is 5.71. The van der Waals surface area contributed by atoms with Gasteiger partial charge in [0.15, 0.2) is 5.82 Å². The predicted molar refractivity (Wildman–Crippen MR) is 156 cm³/mol. The Morgan fingerprint density at radius 3 is 2.32 bits per heavy atom. The minimum atomic E-state index is 0. The third-order valence-corrected chi connectivity index (χ3v) is 7.80. The Labute approximate surface area is 242 Å². The standard InChI is InChI=1S/C26H32ClN7.3ClH/c27-22-6-7-23-21(17-22)18-32(16-15-31-11-3-4-12-31)19-25-29-30-26(34(23)25)20-8-13-33(14-9-20)24-5-1-2-10-28-24;;;/h1-2,5-7,10,17,20H,3-4,8-9,11-16,18-19H2;3*1H. The Kier molecular flexibility index (Phi) is 10.9. The number of fused-ring (bicyclic) bond motifs is 3. The molecule has 7 nitrogen and oxygen atoms in total. The molecule has 0 bridgehead atoms. The van der Waals surface area contributed by atoms with Gasteiger partial charge >= 0.3 is 0 Å². The molecule has 37 heavy (non-hydrogen) atoms. The molecular formula is C26H35Cl4N7. The van der Waals surface area contributed by atoms with Crippen LogP contribution < -0.4 is 4.90 Å². The summed E-state index contributed by atoms with van der Waals surface area (Å²) in [5.74, 6) is 3.60. The van der Waals surface area contributed by atoms with E-state index in [4.69, 9.17) is 21.8 Å². The summed E-state index contributed by atoms with van der Waals surface area (Å²) in [4.78, 5) is 12.0. The molecule has 2 aromatic heterocycles. The van der Waals surface area contributed by atoms with Crippen molar-refractivity contribution in [3.8, 4) is 5.69 Å². The molecule has 0 amide bonds. The first-order chi connectivity index (χ1) is 16.7. The maximum atomic E-state index is 6.44. The quantitative estimate of drug-likeness (QED) is 0.400. The van der Waals surface area contributed by atoms with E-state index in [0.29, 0.717) is 5.92 Å². The number of pyridine rings is 1. The Morgan fingerprint density at radius 1 is 0.838 bits per heavy atom. The van der Waals surface area contributed by atoms with Crippen LogP contribution in [0, 0.1) is 0 Å². The first-order valence-corrected chi connectivity index (χ1v) is 13.0. The van der Waals surface area contributed by atoms with Crippen molar-refractivity contribution in [2.24, 2.45) is 0 Å². The van der Waals surface area contributed by atoms with Crippen LogP contribution in [-0.2, 0) is 13.1 Å². The Hall–Kier alpha value is -1.61. The van der Waals surface area contributed by atoms with Crippen LogP contribution in [0.15, 0.2) is 42.6 Å². The van der Waals surface area contributed by atoms with E-state index >= 15 is 0 Å². The van der Waals surface area contributed by atoms with Crippen LogP contribution in [0.2, 0.25) is 5.02 Å². The summed E-state index contributed by atoms with van der Waals surface area (Å²) in [5, 5.41) is 10.3. The van der Waals surface area contributed by atoms with Gasteiger partial charge in [-0.15, -0.1) is 47.4 Å². The summed E-state index contributed by atoms with van der Waals surface area (Å²) < 4.78 is 2.34. The van der Waals surface area contributed by atoms with Gasteiger partial charge in [0, 0.05) is 49.9 Å². The Balaban J connectivity index is 0.00000127. The highest BCUT2D eigenvalue weighted by molar-refractivity contribution is 6.30. The van der Waals surface area contributed by atoms with Crippen molar-refractivity contribution in [2.45, 2.75) is 44.7 Å². The molecule has 0 radical (unpaired) electrons. The number of nitrogens with zero attached hydrogens (tertiary/aromatic N) is 7. The van der Waals surface area contributed by atoms with E-state index in [1.807, 2.05) is 18.3 Å². The molecule has 3 aliphatic rings. The number of aromatic nitrogens is 4. The number of likely N-dealkylation sites (tertiary alicyclic amines) is 1. The lowest BCUT2D eigenvalue weighted by molar-refractivity contribution is 0.210. The molecule has 0 aliphatic carbocycles. The summed E-state index contributed by atoms with van der Waals surface area (Å²) >= 11 is 6.44. The van der Waals surface area contributed by atoms with Crippen molar-refractivity contribution in [3.63, 3.8) is 0 Å². The average Bonchev–Trinajstić information content (AvgIpc) is 3.51. The maximum Gasteiger partial charge on any atom is 0.151 e. The Morgan fingerprint density at radius 2 is 1.59 bits per heavy atom. The van der Waals surface area contributed by atoms with Gasteiger partial charge < -0.3 is 9.80 Å². The highest BCUT2D eigenvalue weighted by Gasteiger charge is 2.30. The molecule has 3 aliphatic heterocycles. The van der Waals surface area contributed by atoms with Crippen LogP contribution in [0.1, 0.15) is 48.8 Å². The van der Waals surface area contributed by atoms with Gasteiger partial charge in [-0.3, -0.25) is 9.47 Å². The van der Waals surface area contributed by atoms with E-state index in [1.54, 1.807) is 0 Å². The van der Waals surface area contributed by atoms with Crippen LogP contribution in [0.3, 0.4) is 0 Å². The van der Waals surface area contributed by atoms with Crippen LogP contribution in [-0.4, -0.2) is 68.8 Å². The van der Waals surface area contributed by atoms with Crippen LogP contribution in [0.25, 0.3) is 5.69 Å². The molecule has 11 heteroatoms. The van der Waals surface area contributed by atoms with E-state index in [1.165, 1.54) is 37.2 Å². The zero-order valence-electron chi connectivity index (χ0n) is 20.8. The number of hydrogen-bond donors (Lipinski definition) is 0. The van der Waals surface area contributed by atoms with Crippen LogP contribution >= 0.6 is 48.8 Å². The first-order valence-electron chi connectivity index (χ1n) is 12.6.